The molecule has 1 aliphatic heterocycles. The molecule has 0 unspecified atom stereocenters. The van der Waals surface area contributed by atoms with Crippen molar-refractivity contribution in [1.82, 2.24) is 9.80 Å². The molecule has 0 spiro atoms. The Morgan fingerprint density at radius 3 is 2.67 bits per heavy atom. The van der Waals surface area contributed by atoms with Crippen LogP contribution in [-0.2, 0) is 16.1 Å². The summed E-state index contributed by atoms with van der Waals surface area (Å²) in [6, 6.07) is 10.6. The first kappa shape index (κ1) is 24.5. The Kier molecular flexibility index (Phi) is 9.45. The van der Waals surface area contributed by atoms with E-state index in [9.17, 15) is 4.79 Å². The third-order valence-electron chi connectivity index (χ3n) is 5.03. The van der Waals surface area contributed by atoms with Gasteiger partial charge in [-0.2, -0.15) is 0 Å². The number of likely N-dealkylation sites (tertiary alicyclic amines) is 1. The number of benzene rings is 1. The second kappa shape index (κ2) is 11.6. The van der Waals surface area contributed by atoms with Gasteiger partial charge in [0.1, 0.15) is 13.3 Å². The van der Waals surface area contributed by atoms with Gasteiger partial charge < -0.3 is 20.1 Å². The van der Waals surface area contributed by atoms with E-state index in [0.29, 0.717) is 24.5 Å². The van der Waals surface area contributed by atoms with Crippen LogP contribution in [0.1, 0.15) is 18.4 Å². The molecule has 8 heteroatoms. The lowest BCUT2D eigenvalue weighted by atomic mass is 10.1. The van der Waals surface area contributed by atoms with Crippen molar-refractivity contribution in [3.8, 4) is 0 Å². The first-order valence-electron chi connectivity index (χ1n) is 10.3. The van der Waals surface area contributed by atoms with Crippen LogP contribution in [0, 0.1) is 0 Å². The number of carbonyl (C=O) groups excluding carboxylic acids is 1. The fourth-order valence-corrected chi connectivity index (χ4v) is 4.36. The molecule has 1 atom stereocenters. The van der Waals surface area contributed by atoms with Crippen LogP contribution < -0.4 is 5.73 Å². The predicted molar refractivity (Wildman–Crippen MR) is 128 cm³/mol. The quantitative estimate of drug-likeness (QED) is 0.212. The minimum Gasteiger partial charge on any atom is -0.445 e. The summed E-state index contributed by atoms with van der Waals surface area (Å²) >= 11 is 3.47. The fourth-order valence-electron chi connectivity index (χ4n) is 3.29. The second-order valence-electron chi connectivity index (χ2n) is 8.64. The highest BCUT2D eigenvalue weighted by atomic mass is 79.9. The van der Waals surface area contributed by atoms with Gasteiger partial charge in [0.25, 0.3) is 0 Å². The van der Waals surface area contributed by atoms with Gasteiger partial charge >= 0.3 is 6.09 Å². The minimum absolute atomic E-state index is 0.173. The Bertz CT molecular complexity index is 737. The van der Waals surface area contributed by atoms with E-state index in [0.717, 1.165) is 30.1 Å². The van der Waals surface area contributed by atoms with Crippen LogP contribution in [0.2, 0.25) is 25.7 Å². The number of hydrogen-bond donors (Lipinski definition) is 1. The monoisotopic (exact) mass is 495 g/mol. The predicted octanol–water partition coefficient (Wildman–Crippen LogP) is 5.07. The van der Waals surface area contributed by atoms with E-state index in [2.05, 4.69) is 42.1 Å². The maximum Gasteiger partial charge on any atom is 0.410 e. The van der Waals surface area contributed by atoms with Crippen molar-refractivity contribution in [1.29, 1.82) is 0 Å². The van der Waals surface area contributed by atoms with Gasteiger partial charge in [-0.25, -0.2) is 4.79 Å². The Morgan fingerprint density at radius 2 is 2.07 bits per heavy atom. The second-order valence-corrected chi connectivity index (χ2v) is 15.2. The molecule has 0 saturated carbocycles. The molecule has 2 N–H and O–H groups in total. The van der Waals surface area contributed by atoms with Crippen LogP contribution >= 0.6 is 15.9 Å². The van der Waals surface area contributed by atoms with E-state index >= 15 is 0 Å². The number of hydrogen-bond acceptors (Lipinski definition) is 5. The lowest BCUT2D eigenvalue weighted by Gasteiger charge is -2.33. The average molecular weight is 497 g/mol. The summed E-state index contributed by atoms with van der Waals surface area (Å²) in [4.78, 5) is 16.4. The van der Waals surface area contributed by atoms with Gasteiger partial charge in [0, 0.05) is 27.4 Å². The number of ether oxygens (including phenoxy) is 2. The van der Waals surface area contributed by atoms with Crippen molar-refractivity contribution in [3.05, 3.63) is 59.0 Å². The van der Waals surface area contributed by atoms with Gasteiger partial charge in [-0.1, -0.05) is 56.6 Å². The van der Waals surface area contributed by atoms with E-state index in [1.165, 1.54) is 0 Å². The Labute approximate surface area is 189 Å². The maximum absolute atomic E-state index is 12.8. The van der Waals surface area contributed by atoms with Gasteiger partial charge in [-0.15, -0.1) is 0 Å². The van der Waals surface area contributed by atoms with Crippen molar-refractivity contribution in [2.24, 2.45) is 5.73 Å². The number of halogens is 1. The van der Waals surface area contributed by atoms with E-state index in [1.807, 2.05) is 35.2 Å². The number of rotatable bonds is 10. The fraction of sp³-hybridized carbons (Fsp3) is 0.500. The average Bonchev–Trinajstić information content (AvgIpc) is 3.18. The molecule has 1 amide bonds. The summed E-state index contributed by atoms with van der Waals surface area (Å²) in [5.74, 6) is 0. The van der Waals surface area contributed by atoms with Crippen molar-refractivity contribution in [2.75, 3.05) is 19.9 Å². The lowest BCUT2D eigenvalue weighted by Crippen LogP contribution is -2.42. The maximum atomic E-state index is 12.8. The number of nitrogens with zero attached hydrogens (tertiary/aromatic N) is 2. The molecule has 1 fully saturated rings. The van der Waals surface area contributed by atoms with Crippen molar-refractivity contribution < 1.29 is 14.3 Å². The van der Waals surface area contributed by atoms with Gasteiger partial charge in [-0.3, -0.25) is 4.90 Å². The van der Waals surface area contributed by atoms with Crippen LogP contribution in [0.15, 0.2) is 53.4 Å². The summed E-state index contributed by atoms with van der Waals surface area (Å²) in [7, 11) is -1.17. The van der Waals surface area contributed by atoms with Gasteiger partial charge in [0.2, 0.25) is 0 Å². The first-order chi connectivity index (χ1) is 14.2. The first-order valence-corrected chi connectivity index (χ1v) is 14.8. The third kappa shape index (κ3) is 7.48. The molecule has 0 radical (unpaired) electrons. The number of nitrogens with two attached hydrogens (primary N) is 1. The van der Waals surface area contributed by atoms with Crippen molar-refractivity contribution in [3.63, 3.8) is 0 Å². The molecule has 1 aliphatic rings. The number of carbonyl (C=O) groups is 1. The topological polar surface area (TPSA) is 68.0 Å². The largest absolute Gasteiger partial charge is 0.445 e. The van der Waals surface area contributed by atoms with Crippen LogP contribution in [-0.4, -0.2) is 49.9 Å². The summed E-state index contributed by atoms with van der Waals surface area (Å²) in [5, 5.41) is 0. The molecule has 2 rings (SSSR count). The Morgan fingerprint density at radius 1 is 1.37 bits per heavy atom. The summed E-state index contributed by atoms with van der Waals surface area (Å²) in [6.07, 6.45) is 2.92. The highest BCUT2D eigenvalue weighted by Gasteiger charge is 2.35. The zero-order chi connectivity index (χ0) is 22.1. The smallest absolute Gasteiger partial charge is 0.410 e. The highest BCUT2D eigenvalue weighted by molar-refractivity contribution is 9.11. The molecular formula is C22H34BrN3O3Si. The molecule has 6 nitrogen and oxygen atoms in total. The summed E-state index contributed by atoms with van der Waals surface area (Å²) < 4.78 is 12.1. The zero-order valence-electron chi connectivity index (χ0n) is 18.3. The van der Waals surface area contributed by atoms with E-state index in [4.69, 9.17) is 15.2 Å². The molecular weight excluding hydrogens is 462 g/mol. The van der Waals surface area contributed by atoms with E-state index in [1.54, 1.807) is 11.1 Å². The van der Waals surface area contributed by atoms with E-state index < -0.39 is 8.07 Å². The van der Waals surface area contributed by atoms with Gasteiger partial charge in [0.15, 0.2) is 0 Å². The summed E-state index contributed by atoms with van der Waals surface area (Å²) in [5.41, 5.74) is 7.75. The van der Waals surface area contributed by atoms with Crippen molar-refractivity contribution >= 4 is 30.1 Å². The Balaban J connectivity index is 2.00. The molecule has 30 heavy (non-hydrogen) atoms. The highest BCUT2D eigenvalue weighted by Crippen LogP contribution is 2.30. The molecule has 1 aromatic rings. The molecule has 166 valence electrons. The van der Waals surface area contributed by atoms with Crippen LogP contribution in [0.5, 0.6) is 0 Å². The molecule has 1 saturated heterocycles. The summed E-state index contributed by atoms with van der Waals surface area (Å²) in [6.45, 7) is 12.9. The third-order valence-corrected chi connectivity index (χ3v) is 7.16. The van der Waals surface area contributed by atoms with Crippen molar-refractivity contribution in [2.45, 2.75) is 51.2 Å². The van der Waals surface area contributed by atoms with Crippen LogP contribution in [0.4, 0.5) is 4.79 Å². The molecule has 0 bridgehead atoms. The standard InChI is InChI=1S/C22H34BrN3O3Si/c1-18(23)26(17-28-13-14-30(2,3)4)21(15-24)20-11-8-12-25(20)22(27)29-16-19-9-6-5-7-10-19/h5-7,9-10,15,20H,1,8,11-14,16-17,24H2,2-4H3/b21-15-/t20-/m0/s1. The zero-order valence-corrected chi connectivity index (χ0v) is 20.9. The number of amides is 1. The van der Waals surface area contributed by atoms with Gasteiger partial charge in [0.05, 0.1) is 16.3 Å². The van der Waals surface area contributed by atoms with Crippen LogP contribution in [0.25, 0.3) is 0 Å². The normalized spacial score (nSPS) is 17.1. The lowest BCUT2D eigenvalue weighted by molar-refractivity contribution is 0.0622. The Hall–Kier alpha value is -1.77. The van der Waals surface area contributed by atoms with E-state index in [-0.39, 0.29) is 18.7 Å². The molecule has 1 heterocycles. The minimum atomic E-state index is -1.17. The molecule has 0 aromatic heterocycles. The molecule has 0 aliphatic carbocycles. The molecule has 1 aromatic carbocycles. The van der Waals surface area contributed by atoms with Gasteiger partial charge in [-0.05, 0) is 40.4 Å². The SMILES string of the molecule is C=C(Br)N(COCC[Si](C)(C)C)/C(=C\N)[C@@H]1CCCN1C(=O)OCc1ccccc1. The van der Waals surface area contributed by atoms with Crippen LogP contribution in [0.3, 0.4) is 0 Å².